The average Bonchev–Trinajstić information content (AvgIpc) is 3.22. The summed E-state index contributed by atoms with van der Waals surface area (Å²) in [7, 11) is 0. The number of thioether (sulfide) groups is 1. The first-order chi connectivity index (χ1) is 19.8. The van der Waals surface area contributed by atoms with Gasteiger partial charge in [-0.1, -0.05) is 51.2 Å². The van der Waals surface area contributed by atoms with Crippen molar-refractivity contribution in [3.8, 4) is 0 Å². The highest BCUT2D eigenvalue weighted by Crippen LogP contribution is 2.46. The zero-order chi connectivity index (χ0) is 29.4. The molecule has 0 radical (unpaired) electrons. The van der Waals surface area contributed by atoms with Gasteiger partial charge in [0.15, 0.2) is 5.82 Å². The van der Waals surface area contributed by atoms with E-state index >= 15 is 4.39 Å². The van der Waals surface area contributed by atoms with Crippen LogP contribution in [0.25, 0.3) is 10.5 Å². The van der Waals surface area contributed by atoms with Crippen molar-refractivity contribution in [3.63, 3.8) is 0 Å². The Morgan fingerprint density at radius 2 is 1.98 bits per heavy atom. The highest BCUT2D eigenvalue weighted by molar-refractivity contribution is 8.11. The van der Waals surface area contributed by atoms with Crippen molar-refractivity contribution in [2.24, 2.45) is 5.92 Å². The van der Waals surface area contributed by atoms with Gasteiger partial charge in [-0.15, -0.1) is 0 Å². The number of piperazine rings is 1. The second-order valence-corrected chi connectivity index (χ2v) is 12.2. The third-order valence-electron chi connectivity index (χ3n) is 8.14. The highest BCUT2D eigenvalue weighted by atomic mass is 32.2. The Balaban J connectivity index is 1.66. The molecule has 2 aliphatic heterocycles. The van der Waals surface area contributed by atoms with Gasteiger partial charge in [0.05, 0.1) is 16.4 Å². The van der Waals surface area contributed by atoms with Crippen molar-refractivity contribution < 1.29 is 9.18 Å². The molecule has 41 heavy (non-hydrogen) atoms. The maximum Gasteiger partial charge on any atom is 0.223 e. The minimum atomic E-state index is -0.404. The average molecular weight is 581 g/mol. The fourth-order valence-electron chi connectivity index (χ4n) is 5.80. The molecule has 1 aromatic carbocycles. The lowest BCUT2D eigenvalue weighted by Gasteiger charge is -2.38. The van der Waals surface area contributed by atoms with Crippen molar-refractivity contribution in [1.82, 2.24) is 20.2 Å². The van der Waals surface area contributed by atoms with Crippen molar-refractivity contribution in [2.75, 3.05) is 30.7 Å². The van der Waals surface area contributed by atoms with Crippen molar-refractivity contribution in [3.05, 3.63) is 59.1 Å². The molecule has 2 fully saturated rings. The molecule has 2 aromatic rings. The summed E-state index contributed by atoms with van der Waals surface area (Å²) in [5.74, 6) is 0.485. The van der Waals surface area contributed by atoms with Gasteiger partial charge in [0.25, 0.3) is 0 Å². The molecule has 0 aliphatic carbocycles. The van der Waals surface area contributed by atoms with Crippen molar-refractivity contribution >= 4 is 39.7 Å². The first-order valence-electron chi connectivity index (χ1n) is 15.1. The number of hydrogen-bond acceptors (Lipinski definition) is 8. The van der Waals surface area contributed by atoms with Gasteiger partial charge in [-0.2, -0.15) is 0 Å². The number of benzene rings is 1. The molecule has 2 aliphatic rings. The van der Waals surface area contributed by atoms with Crippen LogP contribution in [0.1, 0.15) is 83.4 Å². The molecule has 4 rings (SSSR count). The van der Waals surface area contributed by atoms with Crippen molar-refractivity contribution in [1.29, 1.82) is 0 Å². The Kier molecular flexibility index (Phi) is 11.2. The zero-order valence-electron chi connectivity index (χ0n) is 24.7. The highest BCUT2D eigenvalue weighted by Gasteiger charge is 2.38. The number of anilines is 2. The van der Waals surface area contributed by atoms with Crippen LogP contribution in [0.3, 0.4) is 0 Å². The molecule has 9 heteroatoms. The summed E-state index contributed by atoms with van der Waals surface area (Å²) in [5.41, 5.74) is 8.29. The molecule has 1 aromatic heterocycles. The Hall–Kier alpha value is -2.91. The minimum Gasteiger partial charge on any atom is -0.396 e. The van der Waals surface area contributed by atoms with Crippen LogP contribution in [0.2, 0.25) is 0 Å². The largest absolute Gasteiger partial charge is 0.396 e. The third-order valence-corrected chi connectivity index (χ3v) is 9.22. The number of unbranched alkanes of at least 4 members (excludes halogenated alkanes) is 1. The van der Waals surface area contributed by atoms with E-state index in [9.17, 15) is 4.79 Å². The number of ketones is 1. The summed E-state index contributed by atoms with van der Waals surface area (Å²) in [6, 6.07) is 7.94. The number of allylic oxidation sites excluding steroid dienone is 1. The van der Waals surface area contributed by atoms with Crippen molar-refractivity contribution in [2.45, 2.75) is 84.2 Å². The van der Waals surface area contributed by atoms with Crippen LogP contribution in [0.5, 0.6) is 0 Å². The number of hydrogen-bond donors (Lipinski definition) is 3. The number of Topliss-reactive ketones (excluding diaryl/α,β-unsaturated/α-hetero) is 1. The van der Waals surface area contributed by atoms with E-state index in [4.69, 9.17) is 10.7 Å². The number of carbonyl (C=O) groups excluding carboxylic acids is 1. The van der Waals surface area contributed by atoms with Crippen LogP contribution in [0.15, 0.2) is 42.1 Å². The number of nitrogens with one attached hydrogen (secondary N) is 2. The summed E-state index contributed by atoms with van der Waals surface area (Å²) in [4.78, 5) is 24.5. The molecule has 3 heterocycles. The second kappa shape index (κ2) is 14.8. The monoisotopic (exact) mass is 580 g/mol. The van der Waals surface area contributed by atoms with E-state index in [1.807, 2.05) is 25.1 Å². The number of aromatic nitrogens is 2. The van der Waals surface area contributed by atoms with E-state index in [1.165, 1.54) is 0 Å². The van der Waals surface area contributed by atoms with Gasteiger partial charge in [0, 0.05) is 61.2 Å². The SMILES string of the molecule is C=C(S/C(=C(/c1cccc(N)c1F)C(C)CC)c1ccnc(NCCCCC(=O)CCC)n1)N1C2CCC1CNC2. The van der Waals surface area contributed by atoms with E-state index < -0.39 is 5.82 Å². The summed E-state index contributed by atoms with van der Waals surface area (Å²) in [6.45, 7) is 13.4. The Morgan fingerprint density at radius 1 is 1.22 bits per heavy atom. The fraction of sp³-hybridized carbons (Fsp3) is 0.531. The van der Waals surface area contributed by atoms with Gasteiger partial charge >= 0.3 is 0 Å². The number of nitrogen functional groups attached to an aromatic ring is 1. The summed E-state index contributed by atoms with van der Waals surface area (Å²) < 4.78 is 15.6. The van der Waals surface area contributed by atoms with Crippen LogP contribution < -0.4 is 16.4 Å². The molecule has 222 valence electrons. The first kappa shape index (κ1) is 31.0. The van der Waals surface area contributed by atoms with Crippen LogP contribution in [0.4, 0.5) is 16.0 Å². The number of fused-ring (bicyclic) bond motifs is 2. The molecule has 2 saturated heterocycles. The molecule has 4 N–H and O–H groups in total. The van der Waals surface area contributed by atoms with Gasteiger partial charge in [0.2, 0.25) is 5.95 Å². The smallest absolute Gasteiger partial charge is 0.223 e. The number of rotatable bonds is 15. The van der Waals surface area contributed by atoms with E-state index in [1.54, 1.807) is 24.0 Å². The third kappa shape index (κ3) is 7.68. The quantitative estimate of drug-likeness (QED) is 0.158. The second-order valence-electron chi connectivity index (χ2n) is 11.1. The summed E-state index contributed by atoms with van der Waals surface area (Å²) in [6.07, 6.45) is 8.71. The van der Waals surface area contributed by atoms with E-state index in [0.29, 0.717) is 48.8 Å². The molecule has 2 bridgehead atoms. The lowest BCUT2D eigenvalue weighted by molar-refractivity contribution is -0.119. The van der Waals surface area contributed by atoms with E-state index in [0.717, 1.165) is 72.8 Å². The van der Waals surface area contributed by atoms with Crippen LogP contribution >= 0.6 is 11.8 Å². The Bertz CT molecular complexity index is 1230. The number of nitrogens with two attached hydrogens (primary N) is 1. The molecule has 0 saturated carbocycles. The lowest BCUT2D eigenvalue weighted by Crippen LogP contribution is -2.50. The zero-order valence-corrected chi connectivity index (χ0v) is 25.5. The van der Waals surface area contributed by atoms with Gasteiger partial charge < -0.3 is 21.3 Å². The Morgan fingerprint density at radius 3 is 2.68 bits per heavy atom. The minimum absolute atomic E-state index is 0.0494. The number of halogens is 1. The number of nitrogens with zero attached hydrogens (tertiary/aromatic N) is 3. The maximum absolute atomic E-state index is 15.6. The predicted octanol–water partition coefficient (Wildman–Crippen LogP) is 6.70. The normalized spacial score (nSPS) is 19.6. The van der Waals surface area contributed by atoms with Crippen LogP contribution in [0, 0.1) is 11.7 Å². The maximum atomic E-state index is 15.6. The molecule has 7 nitrogen and oxygen atoms in total. The van der Waals surface area contributed by atoms with Gasteiger partial charge in [0.1, 0.15) is 5.78 Å². The van der Waals surface area contributed by atoms with Gasteiger partial charge in [-0.3, -0.25) is 4.79 Å². The first-order valence-corrected chi connectivity index (χ1v) is 15.9. The summed E-state index contributed by atoms with van der Waals surface area (Å²) >= 11 is 1.58. The molecule has 3 unspecified atom stereocenters. The van der Waals surface area contributed by atoms with Gasteiger partial charge in [-0.25, -0.2) is 14.4 Å². The van der Waals surface area contributed by atoms with E-state index in [2.05, 4.69) is 40.9 Å². The van der Waals surface area contributed by atoms with Crippen LogP contribution in [-0.4, -0.2) is 52.4 Å². The standard InChI is InChI=1S/C32H45FN6OS/c1-5-10-25(40)11-7-8-17-36-32-37-18-16-28(38-32)31(41-22(4)39-23-14-15-24(39)20-35-19-23)29(21(3)6-2)26-12-9-13-27(34)30(26)33/h9,12-13,16,18,21,23-24,35H,4-8,10-11,14-15,17,19-20,34H2,1-3H3,(H,36,37,38)/b31-29+. The molecular weight excluding hydrogens is 535 g/mol. The molecule has 3 atom stereocenters. The lowest BCUT2D eigenvalue weighted by atomic mass is 9.90. The van der Waals surface area contributed by atoms with Crippen LogP contribution in [-0.2, 0) is 4.79 Å². The number of carbonyl (C=O) groups is 1. The summed E-state index contributed by atoms with van der Waals surface area (Å²) in [5, 5.41) is 7.83. The molecule has 0 spiro atoms. The van der Waals surface area contributed by atoms with E-state index in [-0.39, 0.29) is 11.6 Å². The topological polar surface area (TPSA) is 96.2 Å². The predicted molar refractivity (Wildman–Crippen MR) is 170 cm³/mol. The fourth-order valence-corrected chi connectivity index (χ4v) is 7.08. The van der Waals surface area contributed by atoms with Gasteiger partial charge in [-0.05, 0) is 62.1 Å². The molecular formula is C32H45FN6OS. The Labute approximate surface area is 248 Å². The molecule has 0 amide bonds.